The lowest BCUT2D eigenvalue weighted by Crippen LogP contribution is -2.62. The average Bonchev–Trinajstić information content (AvgIpc) is 2.96. The van der Waals surface area contributed by atoms with Gasteiger partial charge in [-0.2, -0.15) is 0 Å². The van der Waals surface area contributed by atoms with Crippen molar-refractivity contribution in [2.45, 2.75) is 84.3 Å². The zero-order valence-electron chi connectivity index (χ0n) is 19.4. The Kier molecular flexibility index (Phi) is 5.63. The molecule has 0 spiro atoms. The van der Waals surface area contributed by atoms with E-state index in [9.17, 15) is 24.3 Å². The first-order valence-electron chi connectivity index (χ1n) is 11.7. The Balaban J connectivity index is 1.68. The molecule has 176 valence electrons. The highest BCUT2D eigenvalue weighted by Crippen LogP contribution is 2.67. The molecule has 1 N–H and O–H groups in total. The molecule has 7 nitrogen and oxygen atoms in total. The molecule has 4 aliphatic rings. The quantitative estimate of drug-likeness (QED) is 0.662. The van der Waals surface area contributed by atoms with E-state index in [2.05, 4.69) is 6.92 Å². The Morgan fingerprint density at radius 2 is 1.84 bits per heavy atom. The van der Waals surface area contributed by atoms with Crippen LogP contribution in [0.15, 0.2) is 11.6 Å². The van der Waals surface area contributed by atoms with Crippen LogP contribution < -0.4 is 0 Å². The fourth-order valence-corrected chi connectivity index (χ4v) is 7.61. The van der Waals surface area contributed by atoms with E-state index >= 15 is 0 Å². The zero-order valence-corrected chi connectivity index (χ0v) is 19.4. The molecule has 0 aromatic carbocycles. The zero-order chi connectivity index (χ0) is 23.5. The molecule has 4 rings (SSSR count). The highest BCUT2D eigenvalue weighted by Gasteiger charge is 2.69. The minimum Gasteiger partial charge on any atom is -0.462 e. The molecule has 7 heteroatoms. The number of rotatable bonds is 4. The number of fused-ring (bicyclic) bond motifs is 5. The summed E-state index contributed by atoms with van der Waals surface area (Å²) in [5.41, 5.74) is -1.44. The molecule has 0 bridgehead atoms. The maximum Gasteiger partial charge on any atom is 0.303 e. The molecule has 32 heavy (non-hydrogen) atoms. The van der Waals surface area contributed by atoms with Gasteiger partial charge in [-0.3, -0.25) is 19.2 Å². The molecule has 4 aliphatic carbocycles. The van der Waals surface area contributed by atoms with Crippen LogP contribution in [0.2, 0.25) is 0 Å². The summed E-state index contributed by atoms with van der Waals surface area (Å²) in [6, 6.07) is 0. The van der Waals surface area contributed by atoms with Gasteiger partial charge in [-0.1, -0.05) is 19.4 Å². The second-order valence-electron chi connectivity index (χ2n) is 10.8. The predicted octanol–water partition coefficient (Wildman–Crippen LogP) is 2.92. The van der Waals surface area contributed by atoms with E-state index in [4.69, 9.17) is 9.47 Å². The first kappa shape index (κ1) is 23.1. The number of ether oxygens (including phenoxy) is 2. The number of carbonyl (C=O) groups excluding carboxylic acids is 4. The van der Waals surface area contributed by atoms with Crippen LogP contribution in [0.3, 0.4) is 0 Å². The maximum atomic E-state index is 13.7. The van der Waals surface area contributed by atoms with Gasteiger partial charge in [0.1, 0.15) is 18.0 Å². The van der Waals surface area contributed by atoms with Crippen LogP contribution in [0.4, 0.5) is 0 Å². The Labute approximate surface area is 188 Å². The third-order valence-corrected chi connectivity index (χ3v) is 9.15. The number of carbonyl (C=O) groups is 4. The number of allylic oxidation sites excluding steroid dienone is 1. The minimum atomic E-state index is -1.46. The third kappa shape index (κ3) is 3.35. The lowest BCUT2D eigenvalue weighted by molar-refractivity contribution is -0.206. The molecular formula is C25H34O7. The van der Waals surface area contributed by atoms with Gasteiger partial charge in [-0.25, -0.2) is 0 Å². The first-order valence-corrected chi connectivity index (χ1v) is 11.7. The van der Waals surface area contributed by atoms with Crippen molar-refractivity contribution < 1.29 is 33.8 Å². The van der Waals surface area contributed by atoms with Gasteiger partial charge >= 0.3 is 11.9 Å². The van der Waals surface area contributed by atoms with Gasteiger partial charge in [-0.05, 0) is 55.4 Å². The van der Waals surface area contributed by atoms with Crippen LogP contribution >= 0.6 is 0 Å². The van der Waals surface area contributed by atoms with Gasteiger partial charge in [-0.15, -0.1) is 0 Å². The molecule has 0 saturated heterocycles. The van der Waals surface area contributed by atoms with Gasteiger partial charge in [0.25, 0.3) is 0 Å². The summed E-state index contributed by atoms with van der Waals surface area (Å²) in [4.78, 5) is 48.9. The summed E-state index contributed by atoms with van der Waals surface area (Å²) >= 11 is 0. The van der Waals surface area contributed by atoms with Gasteiger partial charge < -0.3 is 14.6 Å². The topological polar surface area (TPSA) is 107 Å². The van der Waals surface area contributed by atoms with E-state index in [1.807, 2.05) is 6.92 Å². The number of aliphatic hydroxyl groups is 1. The Bertz CT molecular complexity index is 891. The Morgan fingerprint density at radius 3 is 2.50 bits per heavy atom. The molecule has 0 heterocycles. The lowest BCUT2D eigenvalue weighted by Gasteiger charge is -2.58. The molecule has 0 aromatic rings. The van der Waals surface area contributed by atoms with Crippen molar-refractivity contribution in [3.8, 4) is 0 Å². The van der Waals surface area contributed by atoms with Crippen LogP contribution in [0.5, 0.6) is 0 Å². The third-order valence-electron chi connectivity index (χ3n) is 9.15. The van der Waals surface area contributed by atoms with Crippen molar-refractivity contribution in [1.82, 2.24) is 0 Å². The van der Waals surface area contributed by atoms with Crippen molar-refractivity contribution in [3.05, 3.63) is 11.6 Å². The summed E-state index contributed by atoms with van der Waals surface area (Å²) in [7, 11) is 0. The van der Waals surface area contributed by atoms with Crippen LogP contribution in [0.25, 0.3) is 0 Å². The van der Waals surface area contributed by atoms with Gasteiger partial charge in [0.15, 0.2) is 11.9 Å². The molecule has 0 unspecified atom stereocenters. The second kappa shape index (κ2) is 7.79. The van der Waals surface area contributed by atoms with E-state index in [0.717, 1.165) is 18.4 Å². The number of Topliss-reactive ketones (excluding diaryl/α,β-unsaturated/α-hetero) is 1. The van der Waals surface area contributed by atoms with Crippen molar-refractivity contribution in [3.63, 3.8) is 0 Å². The number of hydrogen-bond donors (Lipinski definition) is 1. The van der Waals surface area contributed by atoms with Gasteiger partial charge in [0, 0.05) is 38.0 Å². The van der Waals surface area contributed by atoms with E-state index in [0.29, 0.717) is 25.7 Å². The summed E-state index contributed by atoms with van der Waals surface area (Å²) in [5, 5.41) is 11.9. The second-order valence-corrected chi connectivity index (χ2v) is 10.8. The molecule has 3 fully saturated rings. The standard InChI is InChI=1S/C25H34O7/c1-14(26)31-13-21(32-15(2)27)25(30)10-8-19-18-6-5-16-11-17(28)7-9-23(16,3)22(18)20(29)12-24(19,25)4/h11,18-19,21-22,30H,5-10,12-13H2,1-4H3/t18-,19-,21+,22+,23+,24-,25-/m1/s1. The molecule has 0 aliphatic heterocycles. The largest absolute Gasteiger partial charge is 0.462 e. The van der Waals surface area contributed by atoms with Crippen LogP contribution in [-0.4, -0.2) is 46.9 Å². The van der Waals surface area contributed by atoms with Gasteiger partial charge in [0.2, 0.25) is 0 Å². The lowest BCUT2D eigenvalue weighted by atomic mass is 9.45. The van der Waals surface area contributed by atoms with E-state index in [-0.39, 0.29) is 47.8 Å². The van der Waals surface area contributed by atoms with Gasteiger partial charge in [0.05, 0.1) is 0 Å². The Hall–Kier alpha value is -2.02. The minimum absolute atomic E-state index is 0.0848. The van der Waals surface area contributed by atoms with Crippen LogP contribution in [-0.2, 0) is 28.7 Å². The van der Waals surface area contributed by atoms with E-state index < -0.39 is 29.1 Å². The summed E-state index contributed by atoms with van der Waals surface area (Å²) in [6.45, 7) is 6.36. The monoisotopic (exact) mass is 446 g/mol. The highest BCUT2D eigenvalue weighted by atomic mass is 16.6. The smallest absolute Gasteiger partial charge is 0.303 e. The molecule has 3 saturated carbocycles. The fraction of sp³-hybridized carbons (Fsp3) is 0.760. The van der Waals surface area contributed by atoms with E-state index in [1.165, 1.54) is 13.8 Å². The molecule has 0 aromatic heterocycles. The fourth-order valence-electron chi connectivity index (χ4n) is 7.61. The van der Waals surface area contributed by atoms with Crippen LogP contribution in [0, 0.1) is 28.6 Å². The number of ketones is 2. The maximum absolute atomic E-state index is 13.7. The molecule has 0 amide bonds. The summed E-state index contributed by atoms with van der Waals surface area (Å²) < 4.78 is 10.6. The SMILES string of the molecule is CC(=O)OC[C@H](OC(C)=O)[C@]1(O)CC[C@@H]2[C@H]3CCC4=CC(=O)CC[C@]4(C)[C@@H]3C(=O)C[C@]21C. The first-order chi connectivity index (χ1) is 14.9. The number of hydrogen-bond acceptors (Lipinski definition) is 7. The average molecular weight is 447 g/mol. The summed E-state index contributed by atoms with van der Waals surface area (Å²) in [6.07, 6.45) is 4.79. The van der Waals surface area contributed by atoms with Crippen molar-refractivity contribution in [2.75, 3.05) is 6.61 Å². The predicted molar refractivity (Wildman–Crippen MR) is 114 cm³/mol. The molecular weight excluding hydrogens is 412 g/mol. The van der Waals surface area contributed by atoms with Crippen molar-refractivity contribution in [2.24, 2.45) is 28.6 Å². The van der Waals surface area contributed by atoms with Crippen molar-refractivity contribution >= 4 is 23.5 Å². The molecule has 7 atom stereocenters. The normalized spacial score (nSPS) is 41.7. The summed E-state index contributed by atoms with van der Waals surface area (Å²) in [5.74, 6) is -0.777. The highest BCUT2D eigenvalue weighted by molar-refractivity contribution is 5.93. The Morgan fingerprint density at radius 1 is 1.12 bits per heavy atom. The van der Waals surface area contributed by atoms with Crippen molar-refractivity contribution in [1.29, 1.82) is 0 Å². The number of esters is 2. The molecule has 0 radical (unpaired) electrons. The van der Waals surface area contributed by atoms with Crippen LogP contribution in [0.1, 0.15) is 72.6 Å². The van der Waals surface area contributed by atoms with E-state index in [1.54, 1.807) is 6.08 Å².